The molecule has 2 amide bonds. The summed E-state index contributed by atoms with van der Waals surface area (Å²) in [7, 11) is -2.21. The van der Waals surface area contributed by atoms with Gasteiger partial charge in [0.15, 0.2) is 0 Å². The second-order valence-electron chi connectivity index (χ2n) is 6.48. The van der Waals surface area contributed by atoms with E-state index in [1.54, 1.807) is 43.8 Å². The predicted molar refractivity (Wildman–Crippen MR) is 115 cm³/mol. The number of hydrogen-bond donors (Lipinski definition) is 3. The number of nitrogens with one attached hydrogen (secondary N) is 3. The summed E-state index contributed by atoms with van der Waals surface area (Å²) in [5, 5.41) is 5.37. The number of aryl methyl sites for hydroxylation is 1. The fourth-order valence-electron chi connectivity index (χ4n) is 2.73. The summed E-state index contributed by atoms with van der Waals surface area (Å²) < 4.78 is 32.9. The molecular weight excluding hydrogens is 404 g/mol. The van der Waals surface area contributed by atoms with E-state index in [1.807, 2.05) is 13.0 Å². The molecule has 3 N–H and O–H groups in total. The Labute approximate surface area is 175 Å². The summed E-state index contributed by atoms with van der Waals surface area (Å²) in [4.78, 5) is 16.1. The van der Waals surface area contributed by atoms with Crippen molar-refractivity contribution in [3.8, 4) is 5.75 Å². The Morgan fingerprint density at radius 2 is 1.80 bits per heavy atom. The minimum Gasteiger partial charge on any atom is -0.496 e. The molecular formula is C21H22N4O4S. The van der Waals surface area contributed by atoms with Crippen LogP contribution >= 0.6 is 0 Å². The van der Waals surface area contributed by atoms with Crippen LogP contribution in [-0.2, 0) is 16.6 Å². The van der Waals surface area contributed by atoms with Crippen LogP contribution in [0.25, 0.3) is 0 Å². The van der Waals surface area contributed by atoms with Crippen LogP contribution in [0.2, 0.25) is 0 Å². The Hall–Kier alpha value is -3.59. The van der Waals surface area contributed by atoms with Gasteiger partial charge in [-0.3, -0.25) is 9.71 Å². The Balaban J connectivity index is 1.61. The number of carbonyl (C=O) groups excluding carboxylic acids is 1. The van der Waals surface area contributed by atoms with Gasteiger partial charge in [0.2, 0.25) is 0 Å². The van der Waals surface area contributed by atoms with Gasteiger partial charge < -0.3 is 15.4 Å². The molecule has 3 rings (SSSR count). The van der Waals surface area contributed by atoms with Crippen LogP contribution in [0, 0.1) is 6.92 Å². The molecule has 0 atom stereocenters. The quantitative estimate of drug-likeness (QED) is 0.536. The fourth-order valence-corrected chi connectivity index (χ4v) is 3.78. The highest BCUT2D eigenvalue weighted by Gasteiger charge is 2.15. The van der Waals surface area contributed by atoms with E-state index >= 15 is 0 Å². The number of aromatic nitrogens is 1. The molecule has 0 saturated carbocycles. The van der Waals surface area contributed by atoms with Crippen LogP contribution in [-0.4, -0.2) is 26.5 Å². The first-order valence-corrected chi connectivity index (χ1v) is 10.6. The highest BCUT2D eigenvalue weighted by atomic mass is 32.2. The monoisotopic (exact) mass is 426 g/mol. The molecule has 1 heterocycles. The largest absolute Gasteiger partial charge is 0.496 e. The number of anilines is 2. The lowest BCUT2D eigenvalue weighted by atomic mass is 10.2. The maximum atomic E-state index is 12.6. The molecule has 156 valence electrons. The number of carbonyl (C=O) groups is 1. The Kier molecular flexibility index (Phi) is 6.53. The summed E-state index contributed by atoms with van der Waals surface area (Å²) >= 11 is 0. The van der Waals surface area contributed by atoms with E-state index in [4.69, 9.17) is 4.74 Å². The van der Waals surface area contributed by atoms with Gasteiger partial charge >= 0.3 is 6.03 Å². The number of hydrogen-bond acceptors (Lipinski definition) is 5. The number of sulfonamides is 1. The normalized spacial score (nSPS) is 10.9. The lowest BCUT2D eigenvalue weighted by Crippen LogP contribution is -2.28. The number of amides is 2. The van der Waals surface area contributed by atoms with E-state index in [0.717, 1.165) is 11.1 Å². The van der Waals surface area contributed by atoms with E-state index in [1.165, 1.54) is 24.3 Å². The predicted octanol–water partition coefficient (Wildman–Crippen LogP) is 3.52. The summed E-state index contributed by atoms with van der Waals surface area (Å²) in [6.07, 6.45) is 3.32. The molecule has 0 aliphatic carbocycles. The average Bonchev–Trinajstić information content (AvgIpc) is 2.73. The second-order valence-corrected chi connectivity index (χ2v) is 8.17. The first-order chi connectivity index (χ1) is 14.4. The van der Waals surface area contributed by atoms with Gasteiger partial charge in [-0.2, -0.15) is 0 Å². The van der Waals surface area contributed by atoms with Crippen LogP contribution in [0.4, 0.5) is 16.2 Å². The fraction of sp³-hybridized carbons (Fsp3) is 0.143. The summed E-state index contributed by atoms with van der Waals surface area (Å²) in [6, 6.07) is 14.2. The first-order valence-electron chi connectivity index (χ1n) is 9.09. The minimum absolute atomic E-state index is 0.0808. The van der Waals surface area contributed by atoms with Gasteiger partial charge in [0.1, 0.15) is 5.75 Å². The molecule has 0 radical (unpaired) electrons. The number of pyridine rings is 1. The van der Waals surface area contributed by atoms with Crippen LogP contribution in [0.5, 0.6) is 5.75 Å². The van der Waals surface area contributed by atoms with E-state index < -0.39 is 16.1 Å². The van der Waals surface area contributed by atoms with Crippen molar-refractivity contribution >= 4 is 27.4 Å². The first kappa shape index (κ1) is 21.1. The van der Waals surface area contributed by atoms with Crippen molar-refractivity contribution in [3.05, 3.63) is 78.1 Å². The third kappa shape index (κ3) is 5.48. The highest BCUT2D eigenvalue weighted by molar-refractivity contribution is 7.92. The maximum absolute atomic E-state index is 12.6. The van der Waals surface area contributed by atoms with Gasteiger partial charge in [-0.15, -0.1) is 0 Å². The molecule has 0 bridgehead atoms. The second kappa shape index (κ2) is 9.27. The van der Waals surface area contributed by atoms with Gasteiger partial charge in [-0.25, -0.2) is 13.2 Å². The van der Waals surface area contributed by atoms with E-state index in [-0.39, 0.29) is 4.90 Å². The van der Waals surface area contributed by atoms with Crippen molar-refractivity contribution in [3.63, 3.8) is 0 Å². The van der Waals surface area contributed by atoms with Gasteiger partial charge in [0, 0.05) is 30.3 Å². The van der Waals surface area contributed by atoms with E-state index in [0.29, 0.717) is 23.7 Å². The molecule has 0 spiro atoms. The topological polar surface area (TPSA) is 109 Å². The number of rotatable bonds is 7. The number of benzene rings is 2. The standard InChI is InChI=1S/C21H22N4O4S/c1-15-12-18(7-10-20(15)29-2)25-30(27,28)19-8-5-17(6-9-19)24-21(26)23-14-16-4-3-11-22-13-16/h3-13,25H,14H2,1-2H3,(H2,23,24,26). The Bertz CT molecular complexity index is 1120. The van der Waals surface area contributed by atoms with Crippen LogP contribution < -0.4 is 20.1 Å². The van der Waals surface area contributed by atoms with Crippen LogP contribution in [0.3, 0.4) is 0 Å². The molecule has 0 saturated heterocycles. The van der Waals surface area contributed by atoms with Crippen LogP contribution in [0.1, 0.15) is 11.1 Å². The zero-order valence-electron chi connectivity index (χ0n) is 16.5. The zero-order valence-corrected chi connectivity index (χ0v) is 17.4. The number of ether oxygens (including phenoxy) is 1. The molecule has 8 nitrogen and oxygen atoms in total. The van der Waals surface area contributed by atoms with Gasteiger partial charge in [-0.1, -0.05) is 6.07 Å². The third-order valence-electron chi connectivity index (χ3n) is 4.25. The zero-order chi connectivity index (χ0) is 21.6. The molecule has 1 aromatic heterocycles. The number of nitrogens with zero attached hydrogens (tertiary/aromatic N) is 1. The summed E-state index contributed by atoms with van der Waals surface area (Å²) in [6.45, 7) is 2.16. The molecule has 0 unspecified atom stereocenters. The average molecular weight is 426 g/mol. The lowest BCUT2D eigenvalue weighted by Gasteiger charge is -2.12. The summed E-state index contributed by atoms with van der Waals surface area (Å²) in [5.41, 5.74) is 2.59. The van der Waals surface area contributed by atoms with Crippen molar-refractivity contribution in [1.82, 2.24) is 10.3 Å². The van der Waals surface area contributed by atoms with Gasteiger partial charge in [0.25, 0.3) is 10.0 Å². The Morgan fingerprint density at radius 3 is 2.43 bits per heavy atom. The Morgan fingerprint density at radius 1 is 1.07 bits per heavy atom. The number of methoxy groups -OCH3 is 1. The van der Waals surface area contributed by atoms with E-state index in [2.05, 4.69) is 20.3 Å². The molecule has 9 heteroatoms. The van der Waals surface area contributed by atoms with Crippen molar-refractivity contribution < 1.29 is 17.9 Å². The molecule has 3 aromatic rings. The van der Waals surface area contributed by atoms with Gasteiger partial charge in [-0.05, 0) is 66.6 Å². The molecule has 0 aliphatic heterocycles. The smallest absolute Gasteiger partial charge is 0.319 e. The molecule has 30 heavy (non-hydrogen) atoms. The van der Waals surface area contributed by atoms with Crippen molar-refractivity contribution in [1.29, 1.82) is 0 Å². The van der Waals surface area contributed by atoms with Crippen molar-refractivity contribution in [2.75, 3.05) is 17.1 Å². The van der Waals surface area contributed by atoms with Gasteiger partial charge in [0.05, 0.1) is 12.0 Å². The van der Waals surface area contributed by atoms with Crippen LogP contribution in [0.15, 0.2) is 71.9 Å². The SMILES string of the molecule is COc1ccc(NS(=O)(=O)c2ccc(NC(=O)NCc3cccnc3)cc2)cc1C. The number of urea groups is 1. The van der Waals surface area contributed by atoms with Crippen molar-refractivity contribution in [2.45, 2.75) is 18.4 Å². The lowest BCUT2D eigenvalue weighted by molar-refractivity contribution is 0.251. The summed E-state index contributed by atoms with van der Waals surface area (Å²) in [5.74, 6) is 0.676. The van der Waals surface area contributed by atoms with E-state index in [9.17, 15) is 13.2 Å². The maximum Gasteiger partial charge on any atom is 0.319 e. The van der Waals surface area contributed by atoms with Crippen molar-refractivity contribution in [2.24, 2.45) is 0 Å². The minimum atomic E-state index is -3.77. The molecule has 2 aromatic carbocycles. The highest BCUT2D eigenvalue weighted by Crippen LogP contribution is 2.24. The third-order valence-corrected chi connectivity index (χ3v) is 5.64. The molecule has 0 aliphatic rings. The molecule has 0 fully saturated rings.